The number of halogens is 1. The van der Waals surface area contributed by atoms with Gasteiger partial charge < -0.3 is 14.7 Å². The molecule has 3 rings (SSSR count). The Balaban J connectivity index is 2.37. The maximum absolute atomic E-state index is 14.4. The molecular formula is C17H16FN3O3. The highest BCUT2D eigenvalue weighted by atomic mass is 19.1. The van der Waals surface area contributed by atoms with Gasteiger partial charge in [-0.1, -0.05) is 5.16 Å². The molecule has 2 aromatic heterocycles. The Morgan fingerprint density at radius 2 is 2.04 bits per heavy atom. The Kier molecular flexibility index (Phi) is 3.84. The van der Waals surface area contributed by atoms with Crippen molar-refractivity contribution in [3.8, 4) is 28.1 Å². The molecule has 6 nitrogen and oxygen atoms in total. The van der Waals surface area contributed by atoms with Crippen molar-refractivity contribution in [2.75, 3.05) is 0 Å². The molecule has 2 heterocycles. The lowest BCUT2D eigenvalue weighted by Crippen LogP contribution is -1.98. The number of furan rings is 1. The van der Waals surface area contributed by atoms with E-state index in [0.29, 0.717) is 22.7 Å². The first-order valence-electron chi connectivity index (χ1n) is 7.22. The molecule has 0 aliphatic carbocycles. The first-order chi connectivity index (χ1) is 11.4. The predicted molar refractivity (Wildman–Crippen MR) is 86.8 cm³/mol. The Hall–Kier alpha value is -3.09. The van der Waals surface area contributed by atoms with Gasteiger partial charge >= 0.3 is 0 Å². The van der Waals surface area contributed by atoms with Crippen LogP contribution in [0.2, 0.25) is 0 Å². The number of aromatic hydroxyl groups is 1. The number of hydrogen-bond donors (Lipinski definition) is 2. The summed E-state index contributed by atoms with van der Waals surface area (Å²) in [5.74, 6) is -0.115. The number of nitrogens with zero attached hydrogens (tertiary/aromatic N) is 3. The van der Waals surface area contributed by atoms with Crippen molar-refractivity contribution >= 4 is 6.21 Å². The minimum Gasteiger partial charge on any atom is -0.508 e. The SMILES string of the molecule is Cc1coc(C)c1-c1c(-c2ccc(O)cc2F)nn(C)c1C=NO. The van der Waals surface area contributed by atoms with Crippen molar-refractivity contribution in [3.05, 3.63) is 47.3 Å². The number of phenols is 1. The van der Waals surface area contributed by atoms with E-state index in [1.165, 1.54) is 23.0 Å². The fraction of sp³-hybridized carbons (Fsp3) is 0.176. The molecule has 7 heteroatoms. The summed E-state index contributed by atoms with van der Waals surface area (Å²) in [5.41, 5.74) is 3.33. The number of benzene rings is 1. The average molecular weight is 329 g/mol. The topological polar surface area (TPSA) is 83.8 Å². The number of phenolic OH excluding ortho intramolecular Hbond substituents is 1. The number of rotatable bonds is 3. The highest BCUT2D eigenvalue weighted by Gasteiger charge is 2.24. The van der Waals surface area contributed by atoms with Crippen molar-refractivity contribution in [2.45, 2.75) is 13.8 Å². The maximum atomic E-state index is 14.4. The predicted octanol–water partition coefficient (Wildman–Crippen LogP) is 3.62. The fourth-order valence-electron chi connectivity index (χ4n) is 2.82. The zero-order chi connectivity index (χ0) is 17.4. The van der Waals surface area contributed by atoms with E-state index < -0.39 is 5.82 Å². The Labute approximate surface area is 137 Å². The highest BCUT2D eigenvalue weighted by molar-refractivity contribution is 5.96. The third-order valence-corrected chi connectivity index (χ3v) is 3.89. The summed E-state index contributed by atoms with van der Waals surface area (Å²) < 4.78 is 21.3. The summed E-state index contributed by atoms with van der Waals surface area (Å²) in [6, 6.07) is 3.88. The summed E-state index contributed by atoms with van der Waals surface area (Å²) in [7, 11) is 1.67. The summed E-state index contributed by atoms with van der Waals surface area (Å²) in [4.78, 5) is 0. The Bertz CT molecular complexity index is 921. The van der Waals surface area contributed by atoms with Crippen molar-refractivity contribution < 1.29 is 19.1 Å². The zero-order valence-corrected chi connectivity index (χ0v) is 13.4. The summed E-state index contributed by atoms with van der Waals surface area (Å²) in [6.07, 6.45) is 2.85. The monoisotopic (exact) mass is 329 g/mol. The fourth-order valence-corrected chi connectivity index (χ4v) is 2.82. The second kappa shape index (κ2) is 5.84. The van der Waals surface area contributed by atoms with Gasteiger partial charge in [0.2, 0.25) is 0 Å². The molecule has 0 spiro atoms. The van der Waals surface area contributed by atoms with Gasteiger partial charge in [0.15, 0.2) is 0 Å². The molecule has 0 saturated carbocycles. The molecule has 0 aliphatic heterocycles. The van der Waals surface area contributed by atoms with Crippen LogP contribution < -0.4 is 0 Å². The van der Waals surface area contributed by atoms with Crippen LogP contribution in [0.3, 0.4) is 0 Å². The average Bonchev–Trinajstić information content (AvgIpc) is 3.00. The molecular weight excluding hydrogens is 313 g/mol. The standard InChI is InChI=1S/C17H16FN3O3/c1-9-8-24-10(2)15(9)16-14(7-19-23)21(3)20-17(16)12-5-4-11(22)6-13(12)18/h4-8,22-23H,1-3H3. The molecule has 24 heavy (non-hydrogen) atoms. The van der Waals surface area contributed by atoms with E-state index in [0.717, 1.165) is 17.2 Å². The largest absolute Gasteiger partial charge is 0.508 e. The summed E-state index contributed by atoms with van der Waals surface area (Å²) in [5, 5.41) is 25.9. The van der Waals surface area contributed by atoms with Gasteiger partial charge in [0.25, 0.3) is 0 Å². The minimum absolute atomic E-state index is 0.165. The highest BCUT2D eigenvalue weighted by Crippen LogP contribution is 2.39. The molecule has 0 radical (unpaired) electrons. The first kappa shape index (κ1) is 15.8. The molecule has 0 saturated heterocycles. The number of aromatic nitrogens is 2. The lowest BCUT2D eigenvalue weighted by molar-refractivity contribution is 0.321. The lowest BCUT2D eigenvalue weighted by atomic mass is 9.96. The van der Waals surface area contributed by atoms with Crippen LogP contribution in [-0.2, 0) is 7.05 Å². The van der Waals surface area contributed by atoms with Crippen molar-refractivity contribution in [2.24, 2.45) is 12.2 Å². The molecule has 0 atom stereocenters. The van der Waals surface area contributed by atoms with Gasteiger partial charge in [-0.2, -0.15) is 5.10 Å². The van der Waals surface area contributed by atoms with Crippen LogP contribution in [0.4, 0.5) is 4.39 Å². The van der Waals surface area contributed by atoms with Crippen LogP contribution in [0.1, 0.15) is 17.0 Å². The van der Waals surface area contributed by atoms with Crippen molar-refractivity contribution in [3.63, 3.8) is 0 Å². The van der Waals surface area contributed by atoms with E-state index in [4.69, 9.17) is 9.62 Å². The zero-order valence-electron chi connectivity index (χ0n) is 13.4. The van der Waals surface area contributed by atoms with Crippen LogP contribution in [0.5, 0.6) is 5.75 Å². The van der Waals surface area contributed by atoms with E-state index in [1.54, 1.807) is 20.2 Å². The van der Waals surface area contributed by atoms with E-state index in [1.807, 2.05) is 6.92 Å². The van der Waals surface area contributed by atoms with Crippen molar-refractivity contribution in [1.82, 2.24) is 9.78 Å². The summed E-state index contributed by atoms with van der Waals surface area (Å²) in [6.45, 7) is 3.67. The van der Waals surface area contributed by atoms with Crippen LogP contribution in [-0.4, -0.2) is 26.3 Å². The van der Waals surface area contributed by atoms with Gasteiger partial charge in [0, 0.05) is 29.8 Å². The maximum Gasteiger partial charge on any atom is 0.136 e. The van der Waals surface area contributed by atoms with Gasteiger partial charge in [-0.25, -0.2) is 4.39 Å². The van der Waals surface area contributed by atoms with Gasteiger partial charge in [0.1, 0.15) is 23.0 Å². The smallest absolute Gasteiger partial charge is 0.136 e. The first-order valence-corrected chi connectivity index (χ1v) is 7.22. The third kappa shape index (κ3) is 2.44. The van der Waals surface area contributed by atoms with Gasteiger partial charge in [0.05, 0.1) is 18.2 Å². The molecule has 124 valence electrons. The molecule has 0 aliphatic rings. The van der Waals surface area contributed by atoms with Crippen LogP contribution in [0.15, 0.2) is 34.0 Å². The normalized spacial score (nSPS) is 11.5. The molecule has 3 aromatic rings. The quantitative estimate of drug-likeness (QED) is 0.437. The molecule has 0 bridgehead atoms. The molecule has 0 unspecified atom stereocenters. The van der Waals surface area contributed by atoms with Gasteiger partial charge in [-0.15, -0.1) is 0 Å². The van der Waals surface area contributed by atoms with E-state index >= 15 is 0 Å². The second-order valence-electron chi connectivity index (χ2n) is 5.49. The van der Waals surface area contributed by atoms with E-state index in [-0.39, 0.29) is 11.3 Å². The van der Waals surface area contributed by atoms with Crippen LogP contribution >= 0.6 is 0 Å². The van der Waals surface area contributed by atoms with E-state index in [2.05, 4.69) is 10.3 Å². The Morgan fingerprint density at radius 3 is 2.62 bits per heavy atom. The van der Waals surface area contributed by atoms with Crippen LogP contribution in [0, 0.1) is 19.7 Å². The molecule has 1 aromatic carbocycles. The van der Waals surface area contributed by atoms with E-state index in [9.17, 15) is 9.50 Å². The summed E-state index contributed by atoms with van der Waals surface area (Å²) >= 11 is 0. The molecule has 2 N–H and O–H groups in total. The number of aryl methyl sites for hydroxylation is 3. The second-order valence-corrected chi connectivity index (χ2v) is 5.49. The number of oxime groups is 1. The number of hydrogen-bond acceptors (Lipinski definition) is 5. The minimum atomic E-state index is -0.597. The molecule has 0 amide bonds. The lowest BCUT2D eigenvalue weighted by Gasteiger charge is -2.06. The van der Waals surface area contributed by atoms with Crippen molar-refractivity contribution in [1.29, 1.82) is 0 Å². The molecule has 0 fully saturated rings. The Morgan fingerprint density at radius 1 is 1.29 bits per heavy atom. The van der Waals surface area contributed by atoms with Crippen LogP contribution in [0.25, 0.3) is 22.4 Å². The van der Waals surface area contributed by atoms with Gasteiger partial charge in [-0.3, -0.25) is 4.68 Å². The van der Waals surface area contributed by atoms with Gasteiger partial charge in [-0.05, 0) is 31.5 Å². The third-order valence-electron chi connectivity index (χ3n) is 3.89.